The molecule has 0 bridgehead atoms. The highest BCUT2D eigenvalue weighted by Crippen LogP contribution is 2.25. The van der Waals surface area contributed by atoms with E-state index >= 15 is 0 Å². The highest BCUT2D eigenvalue weighted by atomic mass is 32.1. The highest BCUT2D eigenvalue weighted by molar-refractivity contribution is 7.10. The van der Waals surface area contributed by atoms with Gasteiger partial charge >= 0.3 is 0 Å². The summed E-state index contributed by atoms with van der Waals surface area (Å²) in [4.78, 5) is 15.5. The van der Waals surface area contributed by atoms with Gasteiger partial charge in [-0.2, -0.15) is 0 Å². The van der Waals surface area contributed by atoms with Gasteiger partial charge in [-0.05, 0) is 61.1 Å². The molecule has 0 atom stereocenters. The Morgan fingerprint density at radius 2 is 2.09 bits per heavy atom. The van der Waals surface area contributed by atoms with Gasteiger partial charge in [0.1, 0.15) is 0 Å². The quantitative estimate of drug-likeness (QED) is 0.853. The Kier molecular flexibility index (Phi) is 4.59. The Hall–Kier alpha value is -2.07. The van der Waals surface area contributed by atoms with Crippen LogP contribution in [-0.4, -0.2) is 19.0 Å². The monoisotopic (exact) mass is 312 g/mol. The molecule has 1 aliphatic heterocycles. The molecular weight excluding hydrogens is 292 g/mol. The predicted octanol–water partition coefficient (Wildman–Crippen LogP) is 4.31. The lowest BCUT2D eigenvalue weighted by molar-refractivity contribution is -0.111. The Morgan fingerprint density at radius 3 is 2.77 bits per heavy atom. The van der Waals surface area contributed by atoms with E-state index in [1.807, 2.05) is 36.6 Å². The van der Waals surface area contributed by atoms with Gasteiger partial charge in [-0.25, -0.2) is 0 Å². The minimum absolute atomic E-state index is 0.0922. The molecule has 0 saturated carbocycles. The number of nitrogens with one attached hydrogen (secondary N) is 1. The number of aryl methyl sites for hydroxylation is 1. The number of hydrogen-bond donors (Lipinski definition) is 1. The Morgan fingerprint density at radius 1 is 1.27 bits per heavy atom. The maximum absolute atomic E-state index is 12.0. The maximum atomic E-state index is 12.0. The smallest absolute Gasteiger partial charge is 0.248 e. The third kappa shape index (κ3) is 3.57. The van der Waals surface area contributed by atoms with Gasteiger partial charge in [-0.1, -0.05) is 6.07 Å². The predicted molar refractivity (Wildman–Crippen MR) is 94.6 cm³/mol. The van der Waals surface area contributed by atoms with Crippen LogP contribution in [0.2, 0.25) is 0 Å². The van der Waals surface area contributed by atoms with Gasteiger partial charge in [0.05, 0.1) is 0 Å². The number of anilines is 2. The standard InChI is InChI=1S/C18H20N2OS/c1-14-13-15(20-10-2-3-11-20)6-8-17(14)19-18(21)9-7-16-5-4-12-22-16/h4-9,12-13H,2-3,10-11H2,1H3,(H,19,21)/b9-7+. The van der Waals surface area contributed by atoms with E-state index < -0.39 is 0 Å². The van der Waals surface area contributed by atoms with Crippen molar-refractivity contribution in [2.45, 2.75) is 19.8 Å². The van der Waals surface area contributed by atoms with Crippen molar-refractivity contribution in [3.8, 4) is 0 Å². The van der Waals surface area contributed by atoms with Gasteiger partial charge < -0.3 is 10.2 Å². The lowest BCUT2D eigenvalue weighted by Crippen LogP contribution is -2.18. The number of amides is 1. The summed E-state index contributed by atoms with van der Waals surface area (Å²) in [6.07, 6.45) is 5.96. The Bertz CT molecular complexity index is 670. The molecule has 1 fully saturated rings. The third-order valence-electron chi connectivity index (χ3n) is 3.88. The fourth-order valence-corrected chi connectivity index (χ4v) is 3.30. The molecule has 0 unspecified atom stereocenters. The zero-order valence-corrected chi connectivity index (χ0v) is 13.5. The van der Waals surface area contributed by atoms with Crippen LogP contribution < -0.4 is 10.2 Å². The molecule has 3 nitrogen and oxygen atoms in total. The van der Waals surface area contributed by atoms with Crippen molar-refractivity contribution in [1.82, 2.24) is 0 Å². The van der Waals surface area contributed by atoms with E-state index in [2.05, 4.69) is 22.3 Å². The topological polar surface area (TPSA) is 32.3 Å². The molecule has 114 valence electrons. The van der Waals surface area contributed by atoms with Gasteiger partial charge in [-0.3, -0.25) is 4.79 Å². The average molecular weight is 312 g/mol. The summed E-state index contributed by atoms with van der Waals surface area (Å²) >= 11 is 1.62. The van der Waals surface area contributed by atoms with Crippen molar-refractivity contribution in [3.63, 3.8) is 0 Å². The molecule has 1 amide bonds. The summed E-state index contributed by atoms with van der Waals surface area (Å²) in [7, 11) is 0. The number of carbonyl (C=O) groups is 1. The number of hydrogen-bond acceptors (Lipinski definition) is 3. The molecular formula is C18H20N2OS. The number of thiophene rings is 1. The summed E-state index contributed by atoms with van der Waals surface area (Å²) in [5.41, 5.74) is 3.23. The van der Waals surface area contributed by atoms with Crippen LogP contribution in [0.4, 0.5) is 11.4 Å². The lowest BCUT2D eigenvalue weighted by Gasteiger charge is -2.19. The second kappa shape index (κ2) is 6.79. The van der Waals surface area contributed by atoms with Crippen molar-refractivity contribution in [2.75, 3.05) is 23.3 Å². The Labute approximate surface area is 135 Å². The van der Waals surface area contributed by atoms with Crippen LogP contribution in [-0.2, 0) is 4.79 Å². The van der Waals surface area contributed by atoms with Crippen molar-refractivity contribution in [1.29, 1.82) is 0 Å². The largest absolute Gasteiger partial charge is 0.372 e. The number of nitrogens with zero attached hydrogens (tertiary/aromatic N) is 1. The van der Waals surface area contributed by atoms with Gasteiger partial charge in [0.25, 0.3) is 0 Å². The van der Waals surface area contributed by atoms with Crippen LogP contribution in [0.1, 0.15) is 23.3 Å². The first-order valence-corrected chi connectivity index (χ1v) is 8.48. The molecule has 2 aromatic rings. The molecule has 1 aromatic carbocycles. The molecule has 1 saturated heterocycles. The minimum atomic E-state index is -0.0922. The van der Waals surface area contributed by atoms with Gasteiger partial charge in [0, 0.05) is 35.4 Å². The van der Waals surface area contributed by atoms with Crippen molar-refractivity contribution in [3.05, 3.63) is 52.2 Å². The first-order valence-electron chi connectivity index (χ1n) is 7.60. The van der Waals surface area contributed by atoms with Crippen LogP contribution in [0.15, 0.2) is 41.8 Å². The van der Waals surface area contributed by atoms with Crippen LogP contribution in [0.3, 0.4) is 0 Å². The molecule has 1 aliphatic rings. The zero-order chi connectivity index (χ0) is 15.4. The highest BCUT2D eigenvalue weighted by Gasteiger charge is 2.13. The van der Waals surface area contributed by atoms with E-state index in [-0.39, 0.29) is 5.91 Å². The number of benzene rings is 1. The molecule has 22 heavy (non-hydrogen) atoms. The van der Waals surface area contributed by atoms with E-state index in [9.17, 15) is 4.79 Å². The maximum Gasteiger partial charge on any atom is 0.248 e. The lowest BCUT2D eigenvalue weighted by atomic mass is 10.1. The zero-order valence-electron chi connectivity index (χ0n) is 12.7. The summed E-state index contributed by atoms with van der Waals surface area (Å²) in [6, 6.07) is 10.2. The van der Waals surface area contributed by atoms with Crippen molar-refractivity contribution >= 4 is 34.7 Å². The molecule has 1 aromatic heterocycles. The molecule has 0 spiro atoms. The molecule has 2 heterocycles. The Balaban J connectivity index is 1.65. The second-order valence-corrected chi connectivity index (χ2v) is 6.51. The third-order valence-corrected chi connectivity index (χ3v) is 4.72. The summed E-state index contributed by atoms with van der Waals surface area (Å²) in [6.45, 7) is 4.31. The van der Waals surface area contributed by atoms with Gasteiger partial charge in [0.2, 0.25) is 5.91 Å². The fraction of sp³-hybridized carbons (Fsp3) is 0.278. The normalized spacial score (nSPS) is 14.7. The average Bonchev–Trinajstić information content (AvgIpc) is 3.20. The van der Waals surface area contributed by atoms with Crippen LogP contribution in [0.25, 0.3) is 6.08 Å². The summed E-state index contributed by atoms with van der Waals surface area (Å²) in [5, 5.41) is 4.95. The summed E-state index contributed by atoms with van der Waals surface area (Å²) < 4.78 is 0. The van der Waals surface area contributed by atoms with E-state index in [0.29, 0.717) is 0 Å². The number of rotatable bonds is 4. The number of carbonyl (C=O) groups excluding carboxylic acids is 1. The van der Waals surface area contributed by atoms with E-state index in [0.717, 1.165) is 29.2 Å². The van der Waals surface area contributed by atoms with Crippen molar-refractivity contribution < 1.29 is 4.79 Å². The SMILES string of the molecule is Cc1cc(N2CCCC2)ccc1NC(=O)/C=C/c1cccs1. The van der Waals surface area contributed by atoms with Crippen molar-refractivity contribution in [2.24, 2.45) is 0 Å². The van der Waals surface area contributed by atoms with Gasteiger partial charge in [0.15, 0.2) is 0 Å². The van der Waals surface area contributed by atoms with E-state index in [1.54, 1.807) is 17.4 Å². The van der Waals surface area contributed by atoms with Gasteiger partial charge in [-0.15, -0.1) is 11.3 Å². The molecule has 0 aliphatic carbocycles. The summed E-state index contributed by atoms with van der Waals surface area (Å²) in [5.74, 6) is -0.0922. The second-order valence-electron chi connectivity index (χ2n) is 5.53. The van der Waals surface area contributed by atoms with Crippen LogP contribution >= 0.6 is 11.3 Å². The molecule has 3 rings (SSSR count). The molecule has 1 N–H and O–H groups in total. The first kappa shape index (κ1) is 14.9. The van der Waals surface area contributed by atoms with E-state index in [4.69, 9.17) is 0 Å². The minimum Gasteiger partial charge on any atom is -0.372 e. The van der Waals surface area contributed by atoms with E-state index in [1.165, 1.54) is 18.5 Å². The molecule has 0 radical (unpaired) electrons. The fourth-order valence-electron chi connectivity index (χ4n) is 2.68. The van der Waals surface area contributed by atoms with Crippen LogP contribution in [0.5, 0.6) is 0 Å². The first-order chi connectivity index (χ1) is 10.7. The van der Waals surface area contributed by atoms with Crippen LogP contribution in [0, 0.1) is 6.92 Å². The molecule has 4 heteroatoms.